The summed E-state index contributed by atoms with van der Waals surface area (Å²) < 4.78 is 34.3. The van der Waals surface area contributed by atoms with E-state index in [0.29, 0.717) is 12.2 Å². The van der Waals surface area contributed by atoms with Crippen molar-refractivity contribution in [3.8, 4) is 11.5 Å². The Morgan fingerprint density at radius 2 is 2.00 bits per heavy atom. The minimum absolute atomic E-state index is 0.0341. The topological polar surface area (TPSA) is 47.6 Å². The number of hydrogen-bond acceptors (Lipinski definition) is 3. The zero-order valence-electron chi connectivity index (χ0n) is 13.2. The molecule has 1 N–H and O–H groups in total. The number of ether oxygens (including phenoxy) is 2. The Morgan fingerprint density at radius 1 is 1.32 bits per heavy atom. The first-order valence-electron chi connectivity index (χ1n) is 6.93. The van der Waals surface area contributed by atoms with Crippen LogP contribution in [0.15, 0.2) is 24.3 Å². The smallest absolute Gasteiger partial charge is 0.387 e. The predicted molar refractivity (Wildman–Crippen MR) is 81.2 cm³/mol. The SMILES string of the molecule is CCOc1cc(/C=C/C(=O)NC(C)(C)C)ccc1OC(F)F. The van der Waals surface area contributed by atoms with E-state index in [1.165, 1.54) is 12.1 Å². The maximum atomic E-state index is 12.3. The zero-order chi connectivity index (χ0) is 16.8. The predicted octanol–water partition coefficient (Wildman–Crippen LogP) is 3.61. The van der Waals surface area contributed by atoms with Crippen molar-refractivity contribution in [2.75, 3.05) is 6.61 Å². The highest BCUT2D eigenvalue weighted by molar-refractivity contribution is 5.92. The van der Waals surface area contributed by atoms with Gasteiger partial charge in [0.05, 0.1) is 6.61 Å². The lowest BCUT2D eigenvalue weighted by Gasteiger charge is -2.19. The number of amides is 1. The van der Waals surface area contributed by atoms with Crippen LogP contribution in [-0.4, -0.2) is 24.7 Å². The summed E-state index contributed by atoms with van der Waals surface area (Å²) in [5.74, 6) is -0.0623. The molecule has 0 atom stereocenters. The minimum atomic E-state index is -2.92. The third-order valence-corrected chi connectivity index (χ3v) is 2.41. The summed E-state index contributed by atoms with van der Waals surface area (Å²) in [6.45, 7) is 4.77. The molecule has 0 bridgehead atoms. The van der Waals surface area contributed by atoms with Crippen LogP contribution >= 0.6 is 0 Å². The lowest BCUT2D eigenvalue weighted by molar-refractivity contribution is -0.117. The van der Waals surface area contributed by atoms with Crippen LogP contribution in [0.3, 0.4) is 0 Å². The van der Waals surface area contributed by atoms with Crippen molar-refractivity contribution in [1.29, 1.82) is 0 Å². The lowest BCUT2D eigenvalue weighted by atomic mass is 10.1. The molecule has 0 saturated heterocycles. The molecule has 0 unspecified atom stereocenters. The van der Waals surface area contributed by atoms with Crippen LogP contribution in [-0.2, 0) is 4.79 Å². The number of hydrogen-bond donors (Lipinski definition) is 1. The van der Waals surface area contributed by atoms with Crippen molar-refractivity contribution < 1.29 is 23.0 Å². The van der Waals surface area contributed by atoms with Gasteiger partial charge in [0.2, 0.25) is 5.91 Å². The summed E-state index contributed by atoms with van der Waals surface area (Å²) in [7, 11) is 0. The van der Waals surface area contributed by atoms with Gasteiger partial charge in [-0.2, -0.15) is 8.78 Å². The van der Waals surface area contributed by atoms with E-state index in [9.17, 15) is 13.6 Å². The van der Waals surface area contributed by atoms with Crippen molar-refractivity contribution in [2.45, 2.75) is 39.8 Å². The van der Waals surface area contributed by atoms with Crippen molar-refractivity contribution in [1.82, 2.24) is 5.32 Å². The van der Waals surface area contributed by atoms with Crippen LogP contribution in [0.25, 0.3) is 6.08 Å². The number of carbonyl (C=O) groups excluding carboxylic acids is 1. The van der Waals surface area contributed by atoms with Gasteiger partial charge in [-0.1, -0.05) is 6.07 Å². The van der Waals surface area contributed by atoms with Gasteiger partial charge in [0.15, 0.2) is 11.5 Å². The Labute approximate surface area is 129 Å². The van der Waals surface area contributed by atoms with E-state index in [-0.39, 0.29) is 22.9 Å². The van der Waals surface area contributed by atoms with Gasteiger partial charge in [-0.05, 0) is 51.5 Å². The van der Waals surface area contributed by atoms with Gasteiger partial charge in [-0.25, -0.2) is 0 Å². The van der Waals surface area contributed by atoms with Crippen molar-refractivity contribution in [2.24, 2.45) is 0 Å². The molecule has 0 aliphatic heterocycles. The Kier molecular flexibility index (Phi) is 6.34. The first kappa shape index (κ1) is 17.9. The molecule has 0 aromatic heterocycles. The Balaban J connectivity index is 2.87. The van der Waals surface area contributed by atoms with Crippen LogP contribution in [0.2, 0.25) is 0 Å². The van der Waals surface area contributed by atoms with Crippen molar-refractivity contribution >= 4 is 12.0 Å². The lowest BCUT2D eigenvalue weighted by Crippen LogP contribution is -2.39. The monoisotopic (exact) mass is 313 g/mol. The van der Waals surface area contributed by atoms with E-state index in [0.717, 1.165) is 0 Å². The second kappa shape index (κ2) is 7.77. The average Bonchev–Trinajstić information content (AvgIpc) is 2.37. The van der Waals surface area contributed by atoms with Gasteiger partial charge < -0.3 is 14.8 Å². The number of nitrogens with one attached hydrogen (secondary N) is 1. The second-order valence-corrected chi connectivity index (χ2v) is 5.59. The summed E-state index contributed by atoms with van der Waals surface area (Å²) >= 11 is 0. The summed E-state index contributed by atoms with van der Waals surface area (Å²) in [5.41, 5.74) is 0.321. The van der Waals surface area contributed by atoms with Gasteiger partial charge in [0, 0.05) is 11.6 Å². The molecule has 1 aromatic rings. The van der Waals surface area contributed by atoms with Crippen LogP contribution in [0, 0.1) is 0 Å². The van der Waals surface area contributed by atoms with Gasteiger partial charge in [-0.3, -0.25) is 4.79 Å². The normalized spacial score (nSPS) is 11.8. The first-order valence-corrected chi connectivity index (χ1v) is 6.93. The fourth-order valence-electron chi connectivity index (χ4n) is 1.67. The van der Waals surface area contributed by atoms with Gasteiger partial charge in [-0.15, -0.1) is 0 Å². The highest BCUT2D eigenvalue weighted by Gasteiger charge is 2.12. The summed E-state index contributed by atoms with van der Waals surface area (Å²) in [6, 6.07) is 4.50. The number of carbonyl (C=O) groups is 1. The number of benzene rings is 1. The molecule has 4 nitrogen and oxygen atoms in total. The fraction of sp³-hybridized carbons (Fsp3) is 0.438. The zero-order valence-corrected chi connectivity index (χ0v) is 13.2. The number of halogens is 2. The second-order valence-electron chi connectivity index (χ2n) is 5.59. The molecule has 1 rings (SSSR count). The molecule has 0 saturated carbocycles. The molecule has 6 heteroatoms. The van der Waals surface area contributed by atoms with E-state index in [1.54, 1.807) is 25.1 Å². The third-order valence-electron chi connectivity index (χ3n) is 2.41. The Morgan fingerprint density at radius 3 is 2.55 bits per heavy atom. The van der Waals surface area contributed by atoms with E-state index in [4.69, 9.17) is 4.74 Å². The van der Waals surface area contributed by atoms with Gasteiger partial charge in [0.25, 0.3) is 0 Å². The van der Waals surface area contributed by atoms with Crippen molar-refractivity contribution in [3.63, 3.8) is 0 Å². The molecule has 0 heterocycles. The molecule has 1 aromatic carbocycles. The first-order chi connectivity index (χ1) is 10.2. The Bertz CT molecular complexity index is 537. The fourth-order valence-corrected chi connectivity index (χ4v) is 1.67. The maximum absolute atomic E-state index is 12.3. The number of rotatable bonds is 6. The highest BCUT2D eigenvalue weighted by Crippen LogP contribution is 2.30. The largest absolute Gasteiger partial charge is 0.490 e. The summed E-state index contributed by atoms with van der Waals surface area (Å²) in [6.07, 6.45) is 2.96. The van der Waals surface area contributed by atoms with Crippen LogP contribution < -0.4 is 14.8 Å². The highest BCUT2D eigenvalue weighted by atomic mass is 19.3. The van der Waals surface area contributed by atoms with Gasteiger partial charge in [0.1, 0.15) is 0 Å². The van der Waals surface area contributed by atoms with Crippen LogP contribution in [0.5, 0.6) is 11.5 Å². The molecule has 22 heavy (non-hydrogen) atoms. The standard InChI is InChI=1S/C16H21F2NO3/c1-5-21-13-10-11(6-8-12(13)22-15(17)18)7-9-14(20)19-16(2,3)4/h6-10,15H,5H2,1-4H3,(H,19,20)/b9-7+. The van der Waals surface area contributed by atoms with Crippen molar-refractivity contribution in [3.05, 3.63) is 29.8 Å². The molecule has 0 radical (unpaired) electrons. The molecular weight excluding hydrogens is 292 g/mol. The van der Waals surface area contributed by atoms with Crippen LogP contribution in [0.4, 0.5) is 8.78 Å². The molecule has 1 amide bonds. The third kappa shape index (κ3) is 6.56. The molecule has 0 aliphatic rings. The summed E-state index contributed by atoms with van der Waals surface area (Å²) in [4.78, 5) is 11.7. The number of alkyl halides is 2. The van der Waals surface area contributed by atoms with E-state index >= 15 is 0 Å². The van der Waals surface area contributed by atoms with Crippen LogP contribution in [0.1, 0.15) is 33.3 Å². The molecule has 0 fully saturated rings. The summed E-state index contributed by atoms with van der Waals surface area (Å²) in [5, 5.41) is 2.79. The molecule has 0 aliphatic carbocycles. The maximum Gasteiger partial charge on any atom is 0.387 e. The Hall–Kier alpha value is -2.11. The molecule has 122 valence electrons. The van der Waals surface area contributed by atoms with Gasteiger partial charge >= 0.3 is 6.61 Å². The molecular formula is C16H21F2NO3. The average molecular weight is 313 g/mol. The minimum Gasteiger partial charge on any atom is -0.490 e. The molecule has 0 spiro atoms. The van der Waals surface area contributed by atoms with E-state index in [1.807, 2.05) is 20.8 Å². The quantitative estimate of drug-likeness (QED) is 0.816. The van der Waals surface area contributed by atoms with E-state index in [2.05, 4.69) is 10.1 Å². The van der Waals surface area contributed by atoms with E-state index < -0.39 is 6.61 Å².